The number of hydrogen-bond acceptors (Lipinski definition) is 2. The minimum absolute atomic E-state index is 0.202. The van der Waals surface area contributed by atoms with Gasteiger partial charge >= 0.3 is 0 Å². The highest BCUT2D eigenvalue weighted by Crippen LogP contribution is 2.16. The Morgan fingerprint density at radius 2 is 2.11 bits per heavy atom. The van der Waals surface area contributed by atoms with Crippen molar-refractivity contribution in [3.05, 3.63) is 48.9 Å². The third-order valence-corrected chi connectivity index (χ3v) is 2.69. The van der Waals surface area contributed by atoms with E-state index in [0.29, 0.717) is 17.4 Å². The van der Waals surface area contributed by atoms with Crippen LogP contribution in [0.25, 0.3) is 0 Å². The molecule has 0 aromatic carbocycles. The summed E-state index contributed by atoms with van der Waals surface area (Å²) in [6.07, 6.45) is 11.2. The van der Waals surface area contributed by atoms with Crippen LogP contribution < -0.4 is 11.1 Å². The lowest BCUT2D eigenvalue weighted by Crippen LogP contribution is -2.19. The molecule has 0 saturated heterocycles. The van der Waals surface area contributed by atoms with Crippen LogP contribution in [0.1, 0.15) is 27.2 Å². The fourth-order valence-electron chi connectivity index (χ4n) is 1.47. The Balaban J connectivity index is 4.24. The van der Waals surface area contributed by atoms with Crippen molar-refractivity contribution in [1.29, 1.82) is 0 Å². The molecule has 0 aliphatic rings. The van der Waals surface area contributed by atoms with Crippen LogP contribution in [-0.4, -0.2) is 5.91 Å². The fourth-order valence-corrected chi connectivity index (χ4v) is 1.47. The molecule has 3 heteroatoms. The summed E-state index contributed by atoms with van der Waals surface area (Å²) in [5, 5.41) is 2.68. The van der Waals surface area contributed by atoms with Crippen molar-refractivity contribution in [2.24, 2.45) is 17.6 Å². The molecule has 0 aliphatic carbocycles. The molecular weight excluding hydrogens is 224 g/mol. The van der Waals surface area contributed by atoms with Gasteiger partial charge in [0.1, 0.15) is 0 Å². The summed E-state index contributed by atoms with van der Waals surface area (Å²) in [7, 11) is 0. The Hall–Kier alpha value is -1.77. The molecule has 3 nitrogen and oxygen atoms in total. The van der Waals surface area contributed by atoms with Crippen molar-refractivity contribution in [3.8, 4) is 0 Å². The molecule has 18 heavy (non-hydrogen) atoms. The van der Waals surface area contributed by atoms with Crippen LogP contribution in [0.15, 0.2) is 48.9 Å². The summed E-state index contributed by atoms with van der Waals surface area (Å²) in [6.45, 7) is 9.95. The van der Waals surface area contributed by atoms with Crippen LogP contribution in [-0.2, 0) is 4.79 Å². The van der Waals surface area contributed by atoms with Gasteiger partial charge in [-0.1, -0.05) is 38.2 Å². The van der Waals surface area contributed by atoms with Crippen molar-refractivity contribution in [2.75, 3.05) is 0 Å². The monoisotopic (exact) mass is 248 g/mol. The second kappa shape index (κ2) is 9.28. The van der Waals surface area contributed by atoms with Crippen molar-refractivity contribution < 1.29 is 4.79 Å². The molecular formula is C15H24N2O. The maximum atomic E-state index is 11.6. The standard InChI is InChI=1S/C15H24N2O/c1-5-8-14(11-16)15(18)17-10-7-9-13(6-2)12(3)4/h5-8,10-13H,2,9,16H2,1,3-4H3,(H,17,18)/b8-5-,10-7+,14-11+. The number of amides is 1. The lowest BCUT2D eigenvalue weighted by Gasteiger charge is -2.13. The first-order valence-electron chi connectivity index (χ1n) is 6.19. The topological polar surface area (TPSA) is 55.1 Å². The average Bonchev–Trinajstić information content (AvgIpc) is 2.35. The van der Waals surface area contributed by atoms with Gasteiger partial charge in [0.15, 0.2) is 0 Å². The van der Waals surface area contributed by atoms with E-state index in [4.69, 9.17) is 5.73 Å². The molecule has 1 atom stereocenters. The number of carbonyl (C=O) groups is 1. The zero-order valence-electron chi connectivity index (χ0n) is 11.5. The van der Waals surface area contributed by atoms with E-state index in [1.807, 2.05) is 19.1 Å². The maximum Gasteiger partial charge on any atom is 0.256 e. The van der Waals surface area contributed by atoms with Crippen molar-refractivity contribution >= 4 is 5.91 Å². The van der Waals surface area contributed by atoms with Crippen LogP contribution in [0.4, 0.5) is 0 Å². The molecule has 0 rings (SSSR count). The van der Waals surface area contributed by atoms with E-state index >= 15 is 0 Å². The molecule has 0 radical (unpaired) electrons. The second-order valence-electron chi connectivity index (χ2n) is 4.38. The largest absolute Gasteiger partial charge is 0.404 e. The number of rotatable bonds is 7. The molecule has 0 aromatic heterocycles. The molecule has 0 aromatic rings. The van der Waals surface area contributed by atoms with Gasteiger partial charge in [-0.05, 0) is 25.2 Å². The van der Waals surface area contributed by atoms with Gasteiger partial charge in [-0.15, -0.1) is 6.58 Å². The summed E-state index contributed by atoms with van der Waals surface area (Å²) in [6, 6.07) is 0. The van der Waals surface area contributed by atoms with Crippen LogP contribution >= 0.6 is 0 Å². The van der Waals surface area contributed by atoms with E-state index in [1.54, 1.807) is 18.4 Å². The van der Waals surface area contributed by atoms with Crippen LogP contribution in [0.5, 0.6) is 0 Å². The van der Waals surface area contributed by atoms with Crippen LogP contribution in [0, 0.1) is 11.8 Å². The Bertz CT molecular complexity index is 352. The lowest BCUT2D eigenvalue weighted by molar-refractivity contribution is -0.116. The Morgan fingerprint density at radius 1 is 1.44 bits per heavy atom. The third-order valence-electron chi connectivity index (χ3n) is 2.69. The van der Waals surface area contributed by atoms with Gasteiger partial charge < -0.3 is 11.1 Å². The van der Waals surface area contributed by atoms with Gasteiger partial charge in [0.2, 0.25) is 0 Å². The number of hydrogen-bond donors (Lipinski definition) is 2. The number of nitrogens with one attached hydrogen (secondary N) is 1. The van der Waals surface area contributed by atoms with Gasteiger partial charge in [-0.25, -0.2) is 0 Å². The normalized spacial score (nSPS) is 14.3. The van der Waals surface area contributed by atoms with Crippen LogP contribution in [0.2, 0.25) is 0 Å². The van der Waals surface area contributed by atoms with E-state index in [-0.39, 0.29) is 5.91 Å². The summed E-state index contributed by atoms with van der Waals surface area (Å²) >= 11 is 0. The number of nitrogens with two attached hydrogens (primary N) is 1. The second-order valence-corrected chi connectivity index (χ2v) is 4.38. The van der Waals surface area contributed by atoms with Crippen molar-refractivity contribution in [2.45, 2.75) is 27.2 Å². The molecule has 1 unspecified atom stereocenters. The first-order chi connectivity index (χ1) is 8.56. The molecule has 0 fully saturated rings. The predicted octanol–water partition coefficient (Wildman–Crippen LogP) is 2.88. The molecule has 0 spiro atoms. The van der Waals surface area contributed by atoms with Gasteiger partial charge in [-0.3, -0.25) is 4.79 Å². The summed E-state index contributed by atoms with van der Waals surface area (Å²) in [5.41, 5.74) is 5.81. The zero-order valence-corrected chi connectivity index (χ0v) is 11.5. The summed E-state index contributed by atoms with van der Waals surface area (Å²) < 4.78 is 0. The molecule has 0 saturated carbocycles. The first kappa shape index (κ1) is 16.2. The lowest BCUT2D eigenvalue weighted by atomic mass is 9.93. The Morgan fingerprint density at radius 3 is 2.56 bits per heavy atom. The number of carbonyl (C=O) groups excluding carboxylic acids is 1. The third kappa shape index (κ3) is 6.09. The van der Waals surface area contributed by atoms with E-state index < -0.39 is 0 Å². The highest BCUT2D eigenvalue weighted by atomic mass is 16.1. The Labute approximate surface area is 110 Å². The van der Waals surface area contributed by atoms with Gasteiger partial charge in [0.25, 0.3) is 5.91 Å². The molecule has 3 N–H and O–H groups in total. The quantitative estimate of drug-likeness (QED) is 0.413. The zero-order chi connectivity index (χ0) is 14.0. The SMILES string of the molecule is C=CC(C/C=C/NC(=O)C(/C=C\C)=C/N)C(C)C. The van der Waals surface area contributed by atoms with Gasteiger partial charge in [0.05, 0.1) is 5.57 Å². The minimum Gasteiger partial charge on any atom is -0.404 e. The average molecular weight is 248 g/mol. The molecule has 1 amide bonds. The van der Waals surface area contributed by atoms with E-state index in [0.717, 1.165) is 6.42 Å². The van der Waals surface area contributed by atoms with Crippen LogP contribution in [0.3, 0.4) is 0 Å². The molecule has 100 valence electrons. The molecule has 0 bridgehead atoms. The first-order valence-corrected chi connectivity index (χ1v) is 6.19. The smallest absolute Gasteiger partial charge is 0.256 e. The van der Waals surface area contributed by atoms with E-state index in [1.165, 1.54) is 6.20 Å². The predicted molar refractivity (Wildman–Crippen MR) is 77.5 cm³/mol. The van der Waals surface area contributed by atoms with Gasteiger partial charge in [-0.2, -0.15) is 0 Å². The molecule has 0 heterocycles. The molecule has 0 aliphatic heterocycles. The summed E-state index contributed by atoms with van der Waals surface area (Å²) in [4.78, 5) is 11.6. The van der Waals surface area contributed by atoms with Gasteiger partial charge in [0, 0.05) is 12.4 Å². The van der Waals surface area contributed by atoms with Crippen molar-refractivity contribution in [1.82, 2.24) is 5.32 Å². The highest BCUT2D eigenvalue weighted by molar-refractivity contribution is 5.96. The Kier molecular flexibility index (Phi) is 8.37. The van der Waals surface area contributed by atoms with E-state index in [2.05, 4.69) is 25.7 Å². The van der Waals surface area contributed by atoms with Crippen molar-refractivity contribution in [3.63, 3.8) is 0 Å². The number of allylic oxidation sites excluding steroid dienone is 3. The van der Waals surface area contributed by atoms with E-state index in [9.17, 15) is 4.79 Å². The fraction of sp³-hybridized carbons (Fsp3) is 0.400. The maximum absolute atomic E-state index is 11.6. The highest BCUT2D eigenvalue weighted by Gasteiger charge is 2.06. The summed E-state index contributed by atoms with van der Waals surface area (Å²) in [5.74, 6) is 0.773. The minimum atomic E-state index is -0.202.